The van der Waals surface area contributed by atoms with E-state index in [-0.39, 0.29) is 11.8 Å². The zero-order valence-electron chi connectivity index (χ0n) is 16.7. The molecule has 4 rings (SSSR count). The van der Waals surface area contributed by atoms with Gasteiger partial charge in [-0.05, 0) is 49.3 Å². The predicted octanol–water partition coefficient (Wildman–Crippen LogP) is 3.76. The summed E-state index contributed by atoms with van der Waals surface area (Å²) >= 11 is 0. The molecule has 2 saturated carbocycles. The van der Waals surface area contributed by atoms with Crippen molar-refractivity contribution in [3.63, 3.8) is 0 Å². The maximum Gasteiger partial charge on any atom is 0.243 e. The maximum absolute atomic E-state index is 13.0. The van der Waals surface area contributed by atoms with Gasteiger partial charge in [-0.1, -0.05) is 44.2 Å². The Morgan fingerprint density at radius 1 is 0.786 bits per heavy atom. The summed E-state index contributed by atoms with van der Waals surface area (Å²) in [6.45, 7) is 1.81. The fourth-order valence-electron chi connectivity index (χ4n) is 5.08. The molecule has 1 aliphatic heterocycles. The van der Waals surface area contributed by atoms with Gasteiger partial charge in [-0.15, -0.1) is 0 Å². The lowest BCUT2D eigenvalue weighted by atomic mass is 9.84. The van der Waals surface area contributed by atoms with Crippen LogP contribution in [0.25, 0.3) is 0 Å². The van der Waals surface area contributed by atoms with Crippen molar-refractivity contribution in [3.8, 4) is 0 Å². The van der Waals surface area contributed by atoms with Gasteiger partial charge in [-0.2, -0.15) is 4.31 Å². The number of benzene rings is 1. The molecule has 1 amide bonds. The van der Waals surface area contributed by atoms with E-state index in [4.69, 9.17) is 0 Å². The van der Waals surface area contributed by atoms with Crippen molar-refractivity contribution in [2.75, 3.05) is 26.2 Å². The van der Waals surface area contributed by atoms with Crippen LogP contribution in [0.3, 0.4) is 0 Å². The highest BCUT2D eigenvalue weighted by molar-refractivity contribution is 7.89. The molecular formula is C22H32N2O3S. The molecule has 3 fully saturated rings. The van der Waals surface area contributed by atoms with Crippen molar-refractivity contribution in [1.82, 2.24) is 9.21 Å². The van der Waals surface area contributed by atoms with Crippen LogP contribution in [0.2, 0.25) is 0 Å². The minimum absolute atomic E-state index is 0.162. The average Bonchev–Trinajstić information content (AvgIpc) is 3.29. The normalized spacial score (nSPS) is 23.2. The molecule has 0 N–H and O–H groups in total. The van der Waals surface area contributed by atoms with Crippen LogP contribution in [-0.4, -0.2) is 49.7 Å². The third-order valence-electron chi connectivity index (χ3n) is 6.85. The number of sulfonamides is 1. The topological polar surface area (TPSA) is 57.7 Å². The van der Waals surface area contributed by atoms with Gasteiger partial charge >= 0.3 is 0 Å². The van der Waals surface area contributed by atoms with E-state index in [0.717, 1.165) is 25.7 Å². The fourth-order valence-corrected chi connectivity index (χ4v) is 6.50. The van der Waals surface area contributed by atoms with E-state index < -0.39 is 10.0 Å². The van der Waals surface area contributed by atoms with Gasteiger partial charge in [-0.25, -0.2) is 8.42 Å². The first-order chi connectivity index (χ1) is 13.6. The van der Waals surface area contributed by atoms with Crippen LogP contribution in [0.5, 0.6) is 0 Å². The van der Waals surface area contributed by atoms with Gasteiger partial charge in [0, 0.05) is 32.1 Å². The average molecular weight is 405 g/mol. The van der Waals surface area contributed by atoms with Gasteiger partial charge in [0.15, 0.2) is 0 Å². The number of nitrogens with zero attached hydrogens (tertiary/aromatic N) is 2. The Hall–Kier alpha value is -1.40. The van der Waals surface area contributed by atoms with Crippen molar-refractivity contribution < 1.29 is 13.2 Å². The Kier molecular flexibility index (Phi) is 6.07. The Bertz CT molecular complexity index is 771. The second-order valence-corrected chi connectivity index (χ2v) is 10.6. The van der Waals surface area contributed by atoms with Gasteiger partial charge < -0.3 is 4.90 Å². The molecule has 0 aromatic heterocycles. The van der Waals surface area contributed by atoms with Crippen molar-refractivity contribution in [1.29, 1.82) is 0 Å². The zero-order chi connectivity index (χ0) is 19.6. The lowest BCUT2D eigenvalue weighted by Gasteiger charge is -2.35. The quantitative estimate of drug-likeness (QED) is 0.768. The van der Waals surface area contributed by atoms with Crippen LogP contribution in [0, 0.1) is 5.92 Å². The molecule has 6 heteroatoms. The molecular weight excluding hydrogens is 372 g/mol. The van der Waals surface area contributed by atoms with Gasteiger partial charge in [0.2, 0.25) is 15.9 Å². The van der Waals surface area contributed by atoms with E-state index in [2.05, 4.69) is 0 Å². The minimum atomic E-state index is -3.48. The molecule has 154 valence electrons. The molecule has 1 heterocycles. The van der Waals surface area contributed by atoms with Crippen LogP contribution < -0.4 is 0 Å². The van der Waals surface area contributed by atoms with Crippen LogP contribution in [-0.2, 0) is 14.8 Å². The molecule has 1 saturated heterocycles. The van der Waals surface area contributed by atoms with E-state index >= 15 is 0 Å². The fraction of sp³-hybridized carbons (Fsp3) is 0.682. The molecule has 2 aliphatic carbocycles. The summed E-state index contributed by atoms with van der Waals surface area (Å²) < 4.78 is 27.6. The zero-order valence-corrected chi connectivity index (χ0v) is 17.5. The third-order valence-corrected chi connectivity index (χ3v) is 8.76. The molecule has 0 bridgehead atoms. The summed E-state index contributed by atoms with van der Waals surface area (Å²) in [5.74, 6) is 0.970. The van der Waals surface area contributed by atoms with Gasteiger partial charge in [0.25, 0.3) is 0 Å². The van der Waals surface area contributed by atoms with E-state index in [1.165, 1.54) is 37.7 Å². The van der Waals surface area contributed by atoms with Gasteiger partial charge in [-0.3, -0.25) is 4.79 Å². The van der Waals surface area contributed by atoms with Gasteiger partial charge in [0.1, 0.15) is 0 Å². The van der Waals surface area contributed by atoms with Crippen molar-refractivity contribution in [2.45, 2.75) is 68.6 Å². The monoisotopic (exact) mass is 404 g/mol. The summed E-state index contributed by atoms with van der Waals surface area (Å²) in [6, 6.07) is 7.55. The molecule has 1 aromatic rings. The second-order valence-electron chi connectivity index (χ2n) is 8.61. The number of hydrogen-bond acceptors (Lipinski definition) is 3. The first-order valence-corrected chi connectivity index (χ1v) is 12.4. The first-order valence-electron chi connectivity index (χ1n) is 10.9. The second kappa shape index (κ2) is 8.54. The molecule has 0 atom stereocenters. The van der Waals surface area contributed by atoms with Crippen LogP contribution >= 0.6 is 0 Å². The summed E-state index contributed by atoms with van der Waals surface area (Å²) in [5.41, 5.74) is 1.27. The predicted molar refractivity (Wildman–Crippen MR) is 110 cm³/mol. The summed E-state index contributed by atoms with van der Waals surface area (Å²) in [7, 11) is -3.48. The smallest absolute Gasteiger partial charge is 0.243 e. The Morgan fingerprint density at radius 3 is 1.96 bits per heavy atom. The summed E-state index contributed by atoms with van der Waals surface area (Å²) in [4.78, 5) is 14.8. The Labute approximate surface area is 169 Å². The van der Waals surface area contributed by atoms with E-state index in [9.17, 15) is 13.2 Å². The third kappa shape index (κ3) is 4.13. The molecule has 0 unspecified atom stereocenters. The molecule has 1 aromatic carbocycles. The minimum Gasteiger partial charge on any atom is -0.340 e. The van der Waals surface area contributed by atoms with Crippen LogP contribution in [0.15, 0.2) is 29.2 Å². The number of carbonyl (C=O) groups is 1. The molecule has 28 heavy (non-hydrogen) atoms. The van der Waals surface area contributed by atoms with Crippen molar-refractivity contribution in [2.24, 2.45) is 5.92 Å². The summed E-state index contributed by atoms with van der Waals surface area (Å²) in [6.07, 6.45) is 10.5. The Morgan fingerprint density at radius 2 is 1.36 bits per heavy atom. The lowest BCUT2D eigenvalue weighted by molar-refractivity contribution is -0.136. The summed E-state index contributed by atoms with van der Waals surface area (Å²) in [5, 5.41) is 0. The number of rotatable bonds is 4. The largest absolute Gasteiger partial charge is 0.340 e. The van der Waals surface area contributed by atoms with Crippen LogP contribution in [0.1, 0.15) is 69.3 Å². The van der Waals surface area contributed by atoms with E-state index in [0.29, 0.717) is 37.0 Å². The van der Waals surface area contributed by atoms with E-state index in [1.807, 2.05) is 17.0 Å². The molecule has 5 nitrogen and oxygen atoms in total. The SMILES string of the molecule is O=C(C1CCCC1)N1CCN(S(=O)(=O)c2ccc(C3CCCCC3)cc2)CC1. The number of amides is 1. The van der Waals surface area contributed by atoms with Crippen molar-refractivity contribution in [3.05, 3.63) is 29.8 Å². The number of carbonyl (C=O) groups excluding carboxylic acids is 1. The number of hydrogen-bond donors (Lipinski definition) is 0. The maximum atomic E-state index is 13.0. The highest BCUT2D eigenvalue weighted by atomic mass is 32.2. The molecule has 0 radical (unpaired) electrons. The highest BCUT2D eigenvalue weighted by Gasteiger charge is 2.33. The van der Waals surface area contributed by atoms with Gasteiger partial charge in [0.05, 0.1) is 4.90 Å². The van der Waals surface area contributed by atoms with E-state index in [1.54, 1.807) is 16.4 Å². The van der Waals surface area contributed by atoms with Crippen LogP contribution in [0.4, 0.5) is 0 Å². The standard InChI is InChI=1S/C22H32N2O3S/c25-22(20-8-4-5-9-20)23-14-16-24(17-15-23)28(26,27)21-12-10-19(11-13-21)18-6-2-1-3-7-18/h10-13,18,20H,1-9,14-17H2. The Balaban J connectivity index is 1.38. The molecule has 3 aliphatic rings. The number of piperazine rings is 1. The molecule has 0 spiro atoms. The highest BCUT2D eigenvalue weighted by Crippen LogP contribution is 2.33. The first kappa shape index (κ1) is 19.9. The lowest BCUT2D eigenvalue weighted by Crippen LogP contribution is -2.51. The van der Waals surface area contributed by atoms with Crippen molar-refractivity contribution >= 4 is 15.9 Å².